The van der Waals surface area contributed by atoms with Gasteiger partial charge in [0.2, 0.25) is 0 Å². The van der Waals surface area contributed by atoms with E-state index >= 15 is 0 Å². The third-order valence-corrected chi connectivity index (χ3v) is 7.27. The van der Waals surface area contributed by atoms with E-state index in [1.54, 1.807) is 33.8 Å². The number of hydrogen-bond donors (Lipinski definition) is 0. The summed E-state index contributed by atoms with van der Waals surface area (Å²) < 4.78 is 33.0. The second-order valence-corrected chi connectivity index (χ2v) is 9.54. The summed E-state index contributed by atoms with van der Waals surface area (Å²) in [5.74, 6) is -0.494. The fourth-order valence-corrected chi connectivity index (χ4v) is 5.62. The summed E-state index contributed by atoms with van der Waals surface area (Å²) in [6.07, 6.45) is 0. The maximum atomic E-state index is 13.3. The minimum atomic E-state index is -3.57. The van der Waals surface area contributed by atoms with Crippen molar-refractivity contribution in [2.45, 2.75) is 17.6 Å². The molecular formula is C22H21N3O4S. The molecule has 7 nitrogen and oxygen atoms in total. The maximum absolute atomic E-state index is 13.3. The molecule has 0 spiro atoms. The molecule has 0 N–H and O–H groups in total. The van der Waals surface area contributed by atoms with Crippen LogP contribution in [0.5, 0.6) is 0 Å². The molecule has 0 radical (unpaired) electrons. The topological polar surface area (TPSA) is 81.5 Å². The van der Waals surface area contributed by atoms with Crippen molar-refractivity contribution in [1.29, 1.82) is 0 Å². The minimum absolute atomic E-state index is 0.200. The van der Waals surface area contributed by atoms with Crippen LogP contribution in [0.1, 0.15) is 21.6 Å². The van der Waals surface area contributed by atoms with E-state index in [4.69, 9.17) is 4.74 Å². The van der Waals surface area contributed by atoms with Crippen molar-refractivity contribution >= 4 is 15.7 Å². The van der Waals surface area contributed by atoms with Crippen molar-refractivity contribution in [1.82, 2.24) is 14.7 Å². The summed E-state index contributed by atoms with van der Waals surface area (Å²) in [5.41, 5.74) is 3.80. The van der Waals surface area contributed by atoms with E-state index in [0.717, 1.165) is 11.3 Å². The molecule has 3 aromatic rings. The molecule has 0 bridgehead atoms. The van der Waals surface area contributed by atoms with Gasteiger partial charge in [0.15, 0.2) is 15.5 Å². The van der Waals surface area contributed by atoms with Gasteiger partial charge in [-0.15, -0.1) is 0 Å². The fraction of sp³-hybridized carbons (Fsp3) is 0.273. The first-order valence-electron chi connectivity index (χ1n) is 9.84. The number of nitrogens with zero attached hydrogens (tertiary/aromatic N) is 3. The Balaban J connectivity index is 1.75. The van der Waals surface area contributed by atoms with Crippen LogP contribution in [0.4, 0.5) is 0 Å². The van der Waals surface area contributed by atoms with Crippen molar-refractivity contribution in [2.24, 2.45) is 0 Å². The second-order valence-electron chi connectivity index (χ2n) is 7.58. The van der Waals surface area contributed by atoms with Crippen LogP contribution in [0, 0.1) is 6.92 Å². The lowest BCUT2D eigenvalue weighted by molar-refractivity contribution is 0.0298. The van der Waals surface area contributed by atoms with Gasteiger partial charge in [-0.2, -0.15) is 5.10 Å². The number of morpholine rings is 1. The van der Waals surface area contributed by atoms with Crippen LogP contribution in [-0.2, 0) is 20.3 Å². The smallest absolute Gasteiger partial charge is 0.274 e. The van der Waals surface area contributed by atoms with Crippen molar-refractivity contribution in [3.8, 4) is 16.9 Å². The second kappa shape index (κ2) is 7.07. The fourth-order valence-electron chi connectivity index (χ4n) is 4.03. The molecule has 2 aliphatic heterocycles. The molecule has 0 aliphatic carbocycles. The Morgan fingerprint density at radius 1 is 1.03 bits per heavy atom. The van der Waals surface area contributed by atoms with E-state index in [0.29, 0.717) is 43.1 Å². The van der Waals surface area contributed by atoms with E-state index in [2.05, 4.69) is 5.10 Å². The Hall–Kier alpha value is -2.97. The Kier molecular flexibility index (Phi) is 4.48. The van der Waals surface area contributed by atoms with Gasteiger partial charge in [-0.25, -0.2) is 13.1 Å². The molecule has 30 heavy (non-hydrogen) atoms. The van der Waals surface area contributed by atoms with E-state index < -0.39 is 9.84 Å². The van der Waals surface area contributed by atoms with Crippen molar-refractivity contribution in [2.75, 3.05) is 26.3 Å². The first kappa shape index (κ1) is 19.0. The van der Waals surface area contributed by atoms with Gasteiger partial charge in [0, 0.05) is 24.2 Å². The van der Waals surface area contributed by atoms with E-state index in [1.807, 2.05) is 31.2 Å². The van der Waals surface area contributed by atoms with Crippen LogP contribution in [0.15, 0.2) is 53.4 Å². The van der Waals surface area contributed by atoms with Crippen LogP contribution in [0.2, 0.25) is 0 Å². The maximum Gasteiger partial charge on any atom is 0.274 e. The van der Waals surface area contributed by atoms with Crippen LogP contribution >= 0.6 is 0 Å². The summed E-state index contributed by atoms with van der Waals surface area (Å²) in [4.78, 5) is 15.2. The third-order valence-electron chi connectivity index (χ3n) is 5.57. The molecule has 3 heterocycles. The largest absolute Gasteiger partial charge is 0.378 e. The van der Waals surface area contributed by atoms with Gasteiger partial charge < -0.3 is 9.64 Å². The molecule has 5 rings (SSSR count). The molecular weight excluding hydrogens is 402 g/mol. The number of carbonyl (C=O) groups is 1. The predicted octanol–water partition coefficient (Wildman–Crippen LogP) is 2.61. The Labute approximate surface area is 174 Å². The van der Waals surface area contributed by atoms with Crippen LogP contribution in [0.25, 0.3) is 16.9 Å². The molecule has 1 aromatic heterocycles. The standard InChI is InChI=1S/C22H21N3O4S/c1-15-6-8-16(9-7-15)25-21-17-4-2-3-5-19(17)30(27,28)14-18(21)20(23-25)22(26)24-10-12-29-13-11-24/h2-9H,10-14H2,1H3. The molecule has 1 saturated heterocycles. The Morgan fingerprint density at radius 3 is 2.47 bits per heavy atom. The summed E-state index contributed by atoms with van der Waals surface area (Å²) in [6.45, 7) is 3.86. The average molecular weight is 423 g/mol. The van der Waals surface area contributed by atoms with Gasteiger partial charge in [-0.3, -0.25) is 4.79 Å². The number of fused-ring (bicyclic) bond motifs is 3. The quantitative estimate of drug-likeness (QED) is 0.633. The lowest BCUT2D eigenvalue weighted by atomic mass is 10.0. The van der Waals surface area contributed by atoms with E-state index in [9.17, 15) is 13.2 Å². The predicted molar refractivity (Wildman–Crippen MR) is 111 cm³/mol. The zero-order valence-corrected chi connectivity index (χ0v) is 17.4. The van der Waals surface area contributed by atoms with Crippen molar-refractivity contribution in [3.05, 3.63) is 65.4 Å². The SMILES string of the molecule is Cc1ccc(-n2nc(C(=O)N3CCOCC3)c3c2-c2ccccc2S(=O)(=O)C3)cc1. The number of aryl methyl sites for hydroxylation is 1. The molecule has 0 saturated carbocycles. The normalized spacial score (nSPS) is 17.3. The van der Waals surface area contributed by atoms with E-state index in [1.165, 1.54) is 0 Å². The molecule has 154 valence electrons. The molecule has 1 amide bonds. The summed E-state index contributed by atoms with van der Waals surface area (Å²) >= 11 is 0. The van der Waals surface area contributed by atoms with Gasteiger partial charge >= 0.3 is 0 Å². The van der Waals surface area contributed by atoms with Crippen molar-refractivity contribution in [3.63, 3.8) is 0 Å². The minimum Gasteiger partial charge on any atom is -0.378 e. The lowest BCUT2D eigenvalue weighted by Gasteiger charge is -2.26. The van der Waals surface area contributed by atoms with Crippen LogP contribution in [-0.4, -0.2) is 55.3 Å². The van der Waals surface area contributed by atoms with Gasteiger partial charge in [0.1, 0.15) is 0 Å². The number of amides is 1. The highest BCUT2D eigenvalue weighted by Crippen LogP contribution is 2.40. The van der Waals surface area contributed by atoms with Gasteiger partial charge in [0.25, 0.3) is 5.91 Å². The Bertz CT molecular complexity index is 1240. The number of hydrogen-bond acceptors (Lipinski definition) is 5. The lowest BCUT2D eigenvalue weighted by Crippen LogP contribution is -2.41. The van der Waals surface area contributed by atoms with Crippen molar-refractivity contribution < 1.29 is 17.9 Å². The average Bonchev–Trinajstić information content (AvgIpc) is 3.13. The van der Waals surface area contributed by atoms with Gasteiger partial charge in [0.05, 0.1) is 35.2 Å². The zero-order valence-electron chi connectivity index (χ0n) is 16.5. The van der Waals surface area contributed by atoms with Gasteiger partial charge in [-0.1, -0.05) is 35.9 Å². The highest BCUT2D eigenvalue weighted by molar-refractivity contribution is 7.90. The summed E-state index contributed by atoms with van der Waals surface area (Å²) in [6, 6.07) is 14.7. The number of ether oxygens (including phenoxy) is 1. The molecule has 2 aliphatic rings. The molecule has 0 unspecified atom stereocenters. The molecule has 0 atom stereocenters. The molecule has 2 aromatic carbocycles. The van der Waals surface area contributed by atoms with Crippen LogP contribution < -0.4 is 0 Å². The van der Waals surface area contributed by atoms with Gasteiger partial charge in [-0.05, 0) is 25.1 Å². The number of sulfone groups is 1. The molecule has 8 heteroatoms. The first-order valence-corrected chi connectivity index (χ1v) is 11.5. The number of rotatable bonds is 2. The first-order chi connectivity index (χ1) is 14.5. The summed E-state index contributed by atoms with van der Waals surface area (Å²) in [7, 11) is -3.57. The highest BCUT2D eigenvalue weighted by Gasteiger charge is 2.37. The monoisotopic (exact) mass is 423 g/mol. The highest BCUT2D eigenvalue weighted by atomic mass is 32.2. The van der Waals surface area contributed by atoms with E-state index in [-0.39, 0.29) is 22.2 Å². The summed E-state index contributed by atoms with van der Waals surface area (Å²) in [5, 5.41) is 4.65. The number of carbonyl (C=O) groups excluding carboxylic acids is 1. The van der Waals surface area contributed by atoms with Crippen LogP contribution in [0.3, 0.4) is 0 Å². The number of aromatic nitrogens is 2. The number of benzene rings is 2. The Morgan fingerprint density at radius 2 is 1.73 bits per heavy atom. The zero-order chi connectivity index (χ0) is 20.9. The molecule has 1 fully saturated rings. The third kappa shape index (κ3) is 3.03.